The largest absolute Gasteiger partial charge is 0.615 e. The van der Waals surface area contributed by atoms with E-state index in [1.54, 1.807) is 12.1 Å². The van der Waals surface area contributed by atoms with Gasteiger partial charge < -0.3 is 19.9 Å². The average Bonchev–Trinajstić information content (AvgIpc) is 3.19. The van der Waals surface area contributed by atoms with Gasteiger partial charge in [-0.25, -0.2) is 9.18 Å². The summed E-state index contributed by atoms with van der Waals surface area (Å²) in [6, 6.07) is 4.87. The number of nitrogens with two attached hydrogens (primary N) is 1. The van der Waals surface area contributed by atoms with Crippen molar-refractivity contribution in [1.29, 1.82) is 0 Å². The number of carbonyl (C=O) groups is 1. The summed E-state index contributed by atoms with van der Waals surface area (Å²) in [6.45, 7) is 0.568. The van der Waals surface area contributed by atoms with Crippen molar-refractivity contribution in [3.8, 4) is 0 Å². The van der Waals surface area contributed by atoms with Gasteiger partial charge in [-0.1, -0.05) is 0 Å². The molecule has 3 aliphatic rings. The molecule has 3 heterocycles. The molecule has 1 aromatic rings. The van der Waals surface area contributed by atoms with E-state index in [4.69, 9.17) is 10.5 Å². The number of anilines is 2. The van der Waals surface area contributed by atoms with E-state index in [2.05, 4.69) is 0 Å². The lowest BCUT2D eigenvalue weighted by molar-refractivity contribution is 0.145. The van der Waals surface area contributed by atoms with E-state index in [0.717, 1.165) is 12.8 Å². The highest BCUT2D eigenvalue weighted by atomic mass is 32.2. The van der Waals surface area contributed by atoms with E-state index in [1.807, 2.05) is 4.90 Å². The molecule has 0 aliphatic carbocycles. The van der Waals surface area contributed by atoms with Crippen LogP contribution in [0.4, 0.5) is 20.6 Å². The van der Waals surface area contributed by atoms with Crippen molar-refractivity contribution in [1.82, 2.24) is 0 Å². The molecule has 4 atom stereocenters. The monoisotopic (exact) mass is 339 g/mol. The van der Waals surface area contributed by atoms with E-state index < -0.39 is 23.1 Å². The van der Waals surface area contributed by atoms with Crippen LogP contribution in [0, 0.1) is 5.82 Å². The van der Waals surface area contributed by atoms with Gasteiger partial charge in [0, 0.05) is 13.0 Å². The molecule has 1 amide bonds. The fourth-order valence-corrected chi connectivity index (χ4v) is 5.52. The van der Waals surface area contributed by atoms with Gasteiger partial charge in [-0.15, -0.1) is 0 Å². The fraction of sp³-hybridized carbons (Fsp3) is 0.533. The molecule has 23 heavy (non-hydrogen) atoms. The Hall–Kier alpha value is -1.51. The van der Waals surface area contributed by atoms with Crippen LogP contribution in [-0.4, -0.2) is 47.0 Å². The zero-order valence-corrected chi connectivity index (χ0v) is 13.3. The van der Waals surface area contributed by atoms with Crippen LogP contribution < -0.4 is 15.5 Å². The summed E-state index contributed by atoms with van der Waals surface area (Å²) in [4.78, 5) is 15.2. The number of rotatable bonds is 3. The van der Waals surface area contributed by atoms with Gasteiger partial charge >= 0.3 is 6.09 Å². The third-order valence-corrected chi connectivity index (χ3v) is 6.55. The van der Waals surface area contributed by atoms with Crippen LogP contribution in [0.3, 0.4) is 0 Å². The molecule has 1 aromatic carbocycles. The summed E-state index contributed by atoms with van der Waals surface area (Å²) in [5.74, 6) is 0.213. The number of halogens is 1. The van der Waals surface area contributed by atoms with Gasteiger partial charge in [-0.05, 0) is 35.8 Å². The zero-order chi connectivity index (χ0) is 16.1. The van der Waals surface area contributed by atoms with Crippen molar-refractivity contribution < 1.29 is 18.5 Å². The minimum Gasteiger partial charge on any atom is -0.615 e. The van der Waals surface area contributed by atoms with Gasteiger partial charge in [-0.2, -0.15) is 0 Å². The van der Waals surface area contributed by atoms with E-state index >= 15 is 0 Å². The average molecular weight is 339 g/mol. The van der Waals surface area contributed by atoms with Gasteiger partial charge in [0.25, 0.3) is 0 Å². The number of hydrogen-bond donors (Lipinski definition) is 1. The Morgan fingerprint density at radius 2 is 2.26 bits per heavy atom. The van der Waals surface area contributed by atoms with Crippen LogP contribution in [0.25, 0.3) is 0 Å². The van der Waals surface area contributed by atoms with Crippen molar-refractivity contribution in [2.75, 3.05) is 28.6 Å². The summed E-state index contributed by atoms with van der Waals surface area (Å²) in [6.07, 6.45) is 0.931. The van der Waals surface area contributed by atoms with Crippen molar-refractivity contribution in [3.63, 3.8) is 0 Å². The third kappa shape index (κ3) is 2.36. The van der Waals surface area contributed by atoms with Crippen LogP contribution in [0.15, 0.2) is 18.2 Å². The number of hydrogen-bond acceptors (Lipinski definition) is 5. The Morgan fingerprint density at radius 3 is 2.83 bits per heavy atom. The van der Waals surface area contributed by atoms with Crippen molar-refractivity contribution in [2.45, 2.75) is 30.4 Å². The molecule has 6 nitrogen and oxygen atoms in total. The minimum atomic E-state index is -0.908. The predicted molar refractivity (Wildman–Crippen MR) is 85.4 cm³/mol. The Labute approximate surface area is 136 Å². The van der Waals surface area contributed by atoms with Gasteiger partial charge in [0.05, 0.1) is 24.0 Å². The second kappa shape index (κ2) is 5.54. The predicted octanol–water partition coefficient (Wildman–Crippen LogP) is 1.17. The Kier molecular flexibility index (Phi) is 3.62. The maximum atomic E-state index is 14.6. The molecule has 4 unspecified atom stereocenters. The SMILES string of the molecule is NCC1CN(c2ccc(N3C4CCC3[S+]([O-])C4)c(F)c2)C(=O)O1. The zero-order valence-electron chi connectivity index (χ0n) is 12.5. The molecule has 2 N–H and O–H groups in total. The first kappa shape index (κ1) is 15.0. The highest BCUT2D eigenvalue weighted by molar-refractivity contribution is 7.92. The van der Waals surface area contributed by atoms with E-state index in [-0.39, 0.29) is 24.1 Å². The van der Waals surface area contributed by atoms with E-state index in [1.165, 1.54) is 11.0 Å². The molecule has 4 rings (SSSR count). The first-order valence-corrected chi connectivity index (χ1v) is 9.10. The number of benzene rings is 1. The molecular weight excluding hydrogens is 321 g/mol. The first-order chi connectivity index (χ1) is 11.1. The standard InChI is InChI=1S/C15H18FN3O3S/c16-12-5-9(18-7-11(6-17)22-15(18)20)1-3-13(12)19-10-2-4-14(19)23(21)8-10/h1,3,5,10-11,14H,2,4,6-8,17H2. The first-order valence-electron chi connectivity index (χ1n) is 7.71. The van der Waals surface area contributed by atoms with Crippen molar-refractivity contribution in [3.05, 3.63) is 24.0 Å². The lowest BCUT2D eigenvalue weighted by Gasteiger charge is -2.23. The maximum absolute atomic E-state index is 14.6. The summed E-state index contributed by atoms with van der Waals surface area (Å²) in [5.41, 5.74) is 6.44. The van der Waals surface area contributed by atoms with E-state index in [0.29, 0.717) is 23.7 Å². The molecule has 2 bridgehead atoms. The lowest BCUT2D eigenvalue weighted by atomic mass is 10.2. The summed E-state index contributed by atoms with van der Waals surface area (Å²) < 4.78 is 31.7. The number of ether oxygens (including phenoxy) is 1. The molecule has 0 spiro atoms. The smallest absolute Gasteiger partial charge is 0.414 e. The summed E-state index contributed by atoms with van der Waals surface area (Å²) in [7, 11) is 0. The molecule has 3 fully saturated rings. The number of carbonyl (C=O) groups excluding carboxylic acids is 1. The van der Waals surface area contributed by atoms with Gasteiger partial charge in [0.2, 0.25) is 0 Å². The molecular formula is C15H18FN3O3S. The summed E-state index contributed by atoms with van der Waals surface area (Å²) >= 11 is -0.908. The third-order valence-electron chi connectivity index (χ3n) is 4.77. The van der Waals surface area contributed by atoms with Crippen molar-refractivity contribution >= 4 is 28.6 Å². The maximum Gasteiger partial charge on any atom is 0.414 e. The van der Waals surface area contributed by atoms with Gasteiger partial charge in [0.15, 0.2) is 5.37 Å². The second-order valence-corrected chi connectivity index (χ2v) is 7.77. The molecule has 8 heteroatoms. The fourth-order valence-electron chi connectivity index (χ4n) is 3.65. The van der Waals surface area contributed by atoms with Gasteiger partial charge in [-0.3, -0.25) is 4.90 Å². The highest BCUT2D eigenvalue weighted by Gasteiger charge is 2.50. The molecule has 3 saturated heterocycles. The van der Waals surface area contributed by atoms with Gasteiger partial charge in [0.1, 0.15) is 17.7 Å². The molecule has 124 valence electrons. The highest BCUT2D eigenvalue weighted by Crippen LogP contribution is 2.42. The van der Waals surface area contributed by atoms with Crippen LogP contribution in [0.5, 0.6) is 0 Å². The molecule has 3 aliphatic heterocycles. The Morgan fingerprint density at radius 1 is 1.43 bits per heavy atom. The number of cyclic esters (lactones) is 1. The number of amides is 1. The Bertz CT molecular complexity index is 646. The lowest BCUT2D eigenvalue weighted by Crippen LogP contribution is -2.31. The number of nitrogens with zero attached hydrogens (tertiary/aromatic N) is 2. The second-order valence-electron chi connectivity index (χ2n) is 6.13. The Balaban J connectivity index is 1.60. The molecule has 0 radical (unpaired) electrons. The normalized spacial score (nSPS) is 32.7. The van der Waals surface area contributed by atoms with Crippen LogP contribution in [0.2, 0.25) is 0 Å². The summed E-state index contributed by atoms with van der Waals surface area (Å²) in [5, 5.41) is -0.0845. The number of fused-ring (bicyclic) bond motifs is 2. The quantitative estimate of drug-likeness (QED) is 0.836. The molecule has 0 aromatic heterocycles. The molecule has 0 saturated carbocycles. The van der Waals surface area contributed by atoms with Crippen LogP contribution in [-0.2, 0) is 15.9 Å². The minimum absolute atomic E-state index is 0.0845. The van der Waals surface area contributed by atoms with Crippen molar-refractivity contribution in [2.24, 2.45) is 5.73 Å². The van der Waals surface area contributed by atoms with E-state index in [9.17, 15) is 13.7 Å². The van der Waals surface area contributed by atoms with Crippen LogP contribution >= 0.6 is 0 Å². The van der Waals surface area contributed by atoms with Crippen LogP contribution in [0.1, 0.15) is 12.8 Å². The topological polar surface area (TPSA) is 81.9 Å².